The first-order valence-corrected chi connectivity index (χ1v) is 8.13. The highest BCUT2D eigenvalue weighted by atomic mass is 35.5. The Morgan fingerprint density at radius 1 is 1.07 bits per heavy atom. The van der Waals surface area contributed by atoms with E-state index in [1.807, 2.05) is 0 Å². The molecule has 0 unspecified atom stereocenters. The lowest BCUT2D eigenvalue weighted by molar-refractivity contribution is -0.137. The number of fused-ring (bicyclic) bond motifs is 1. The maximum atomic E-state index is 12.9. The molecular formula is C18H12ClF3N2O3. The molecule has 3 amide bonds. The molecule has 2 aromatic rings. The molecule has 27 heavy (non-hydrogen) atoms. The van der Waals surface area contributed by atoms with E-state index in [9.17, 15) is 27.6 Å². The molecule has 0 spiro atoms. The molecule has 5 nitrogen and oxygen atoms in total. The SMILES string of the molecule is C[C@H](C(=O)Nc1ccc(Cl)c(C(F)(F)F)c1)N1C(=O)c2ccccc2C1=O. The van der Waals surface area contributed by atoms with Crippen LogP contribution in [0.2, 0.25) is 5.02 Å². The monoisotopic (exact) mass is 396 g/mol. The number of amides is 3. The van der Waals surface area contributed by atoms with Gasteiger partial charge in [0.2, 0.25) is 5.91 Å². The summed E-state index contributed by atoms with van der Waals surface area (Å²) in [7, 11) is 0. The number of imide groups is 1. The summed E-state index contributed by atoms with van der Waals surface area (Å²) in [5.74, 6) is -2.07. The highest BCUT2D eigenvalue weighted by Gasteiger charge is 2.40. The molecule has 1 aliphatic heterocycles. The number of carbonyl (C=O) groups is 3. The number of nitrogens with zero attached hydrogens (tertiary/aromatic N) is 1. The number of carbonyl (C=O) groups excluding carboxylic acids is 3. The quantitative estimate of drug-likeness (QED) is 0.798. The molecule has 0 radical (unpaired) electrons. The fourth-order valence-electron chi connectivity index (χ4n) is 2.74. The van der Waals surface area contributed by atoms with E-state index in [4.69, 9.17) is 11.6 Å². The van der Waals surface area contributed by atoms with Crippen molar-refractivity contribution in [1.82, 2.24) is 4.90 Å². The van der Waals surface area contributed by atoms with Crippen molar-refractivity contribution in [1.29, 1.82) is 0 Å². The number of halogens is 4. The molecule has 0 fully saturated rings. The minimum Gasteiger partial charge on any atom is -0.324 e. The Bertz CT molecular complexity index is 924. The van der Waals surface area contributed by atoms with Gasteiger partial charge in [0.25, 0.3) is 11.8 Å². The second-order valence-corrected chi connectivity index (χ2v) is 6.29. The summed E-state index contributed by atoms with van der Waals surface area (Å²) in [5.41, 5.74) is -0.906. The largest absolute Gasteiger partial charge is 0.417 e. The van der Waals surface area contributed by atoms with E-state index in [1.54, 1.807) is 12.1 Å². The third kappa shape index (κ3) is 3.40. The van der Waals surface area contributed by atoms with Crippen molar-refractivity contribution in [2.75, 3.05) is 5.32 Å². The molecule has 1 N–H and O–H groups in total. The number of benzene rings is 2. The molecule has 140 valence electrons. The number of nitrogens with one attached hydrogen (secondary N) is 1. The van der Waals surface area contributed by atoms with E-state index >= 15 is 0 Å². The summed E-state index contributed by atoms with van der Waals surface area (Å²) in [6, 6.07) is 7.79. The normalized spacial score (nSPS) is 14.9. The van der Waals surface area contributed by atoms with Gasteiger partial charge in [-0.3, -0.25) is 19.3 Å². The minimum atomic E-state index is -4.69. The molecule has 3 rings (SSSR count). The molecule has 1 atom stereocenters. The maximum Gasteiger partial charge on any atom is 0.417 e. The van der Waals surface area contributed by atoms with Gasteiger partial charge in [-0.2, -0.15) is 13.2 Å². The van der Waals surface area contributed by atoms with Crippen LogP contribution in [0.5, 0.6) is 0 Å². The van der Waals surface area contributed by atoms with Gasteiger partial charge in [0.05, 0.1) is 21.7 Å². The van der Waals surface area contributed by atoms with Crippen LogP contribution >= 0.6 is 11.6 Å². The summed E-state index contributed by atoms with van der Waals surface area (Å²) in [6.45, 7) is 1.32. The third-order valence-electron chi connectivity index (χ3n) is 4.13. The fourth-order valence-corrected chi connectivity index (χ4v) is 2.97. The summed E-state index contributed by atoms with van der Waals surface area (Å²) in [5, 5.41) is 1.78. The van der Waals surface area contributed by atoms with Crippen LogP contribution in [0.1, 0.15) is 33.2 Å². The fraction of sp³-hybridized carbons (Fsp3) is 0.167. The number of anilines is 1. The Kier molecular flexibility index (Phi) is 4.69. The third-order valence-corrected chi connectivity index (χ3v) is 4.46. The summed E-state index contributed by atoms with van der Waals surface area (Å²) >= 11 is 5.54. The second-order valence-electron chi connectivity index (χ2n) is 5.88. The van der Waals surface area contributed by atoms with Gasteiger partial charge in [-0.05, 0) is 37.3 Å². The maximum absolute atomic E-state index is 12.9. The summed E-state index contributed by atoms with van der Waals surface area (Å²) in [4.78, 5) is 38.0. The second kappa shape index (κ2) is 6.70. The zero-order valence-corrected chi connectivity index (χ0v) is 14.6. The van der Waals surface area contributed by atoms with Crippen LogP contribution < -0.4 is 5.32 Å². The van der Waals surface area contributed by atoms with Crippen molar-refractivity contribution in [3.8, 4) is 0 Å². The number of rotatable bonds is 3. The van der Waals surface area contributed by atoms with Crippen LogP contribution in [0, 0.1) is 0 Å². The molecule has 0 bridgehead atoms. The van der Waals surface area contributed by atoms with E-state index in [-0.39, 0.29) is 16.8 Å². The van der Waals surface area contributed by atoms with Crippen molar-refractivity contribution in [3.63, 3.8) is 0 Å². The Balaban J connectivity index is 1.82. The van der Waals surface area contributed by atoms with Gasteiger partial charge in [0, 0.05) is 5.69 Å². The molecule has 2 aromatic carbocycles. The van der Waals surface area contributed by atoms with Crippen molar-refractivity contribution >= 4 is 35.0 Å². The van der Waals surface area contributed by atoms with Crippen molar-refractivity contribution in [2.45, 2.75) is 19.1 Å². The van der Waals surface area contributed by atoms with Crippen LogP contribution in [0.25, 0.3) is 0 Å². The zero-order chi connectivity index (χ0) is 19.9. The molecular weight excluding hydrogens is 385 g/mol. The average molecular weight is 397 g/mol. The lowest BCUT2D eigenvalue weighted by Crippen LogP contribution is -2.45. The minimum absolute atomic E-state index is 0.153. The van der Waals surface area contributed by atoms with Gasteiger partial charge in [-0.15, -0.1) is 0 Å². The Morgan fingerprint density at radius 2 is 1.63 bits per heavy atom. The van der Waals surface area contributed by atoms with Gasteiger partial charge in [-0.25, -0.2) is 0 Å². The number of alkyl halides is 3. The molecule has 0 saturated carbocycles. The zero-order valence-electron chi connectivity index (χ0n) is 13.8. The topological polar surface area (TPSA) is 66.5 Å². The van der Waals surface area contributed by atoms with E-state index < -0.39 is 40.5 Å². The first kappa shape index (κ1) is 18.9. The smallest absolute Gasteiger partial charge is 0.324 e. The lowest BCUT2D eigenvalue weighted by Gasteiger charge is -2.22. The molecule has 0 aromatic heterocycles. The van der Waals surface area contributed by atoms with Crippen molar-refractivity contribution in [2.24, 2.45) is 0 Å². The van der Waals surface area contributed by atoms with Crippen LogP contribution in [-0.4, -0.2) is 28.7 Å². The molecule has 0 saturated heterocycles. The van der Waals surface area contributed by atoms with Crippen molar-refractivity contribution in [3.05, 3.63) is 64.2 Å². The molecule has 9 heteroatoms. The number of hydrogen-bond acceptors (Lipinski definition) is 3. The van der Waals surface area contributed by atoms with E-state index in [1.165, 1.54) is 25.1 Å². The van der Waals surface area contributed by atoms with Crippen LogP contribution in [-0.2, 0) is 11.0 Å². The average Bonchev–Trinajstić information content (AvgIpc) is 2.86. The van der Waals surface area contributed by atoms with Crippen LogP contribution in [0.3, 0.4) is 0 Å². The molecule has 1 heterocycles. The Hall–Kier alpha value is -2.87. The lowest BCUT2D eigenvalue weighted by atomic mass is 10.1. The predicted octanol–water partition coefficient (Wildman–Crippen LogP) is 3.98. The van der Waals surface area contributed by atoms with Crippen molar-refractivity contribution < 1.29 is 27.6 Å². The highest BCUT2D eigenvalue weighted by molar-refractivity contribution is 6.31. The van der Waals surface area contributed by atoms with E-state index in [0.717, 1.165) is 11.0 Å². The van der Waals surface area contributed by atoms with E-state index in [2.05, 4.69) is 5.32 Å². The van der Waals surface area contributed by atoms with Crippen LogP contribution in [0.4, 0.5) is 18.9 Å². The Labute approximate surface area is 156 Å². The van der Waals surface area contributed by atoms with E-state index in [0.29, 0.717) is 6.07 Å². The molecule has 0 aliphatic carbocycles. The summed E-state index contributed by atoms with van der Waals surface area (Å²) in [6.07, 6.45) is -4.69. The first-order chi connectivity index (χ1) is 12.6. The van der Waals surface area contributed by atoms with Gasteiger partial charge in [0.15, 0.2) is 0 Å². The van der Waals surface area contributed by atoms with Gasteiger partial charge >= 0.3 is 6.18 Å². The summed E-state index contributed by atoms with van der Waals surface area (Å²) < 4.78 is 38.8. The van der Waals surface area contributed by atoms with Gasteiger partial charge in [-0.1, -0.05) is 23.7 Å². The van der Waals surface area contributed by atoms with Gasteiger partial charge in [0.1, 0.15) is 6.04 Å². The van der Waals surface area contributed by atoms with Crippen LogP contribution in [0.15, 0.2) is 42.5 Å². The Morgan fingerprint density at radius 3 is 2.15 bits per heavy atom. The molecule has 1 aliphatic rings. The number of hydrogen-bond donors (Lipinski definition) is 1. The first-order valence-electron chi connectivity index (χ1n) is 7.76. The predicted molar refractivity (Wildman–Crippen MR) is 91.5 cm³/mol. The standard InChI is InChI=1S/C18H12ClF3N2O3/c1-9(24-16(26)11-4-2-3-5-12(11)17(24)27)15(25)23-10-6-7-14(19)13(8-10)18(20,21)22/h2-9H,1H3,(H,23,25)/t9-/m1/s1. The highest BCUT2D eigenvalue weighted by Crippen LogP contribution is 2.36. The van der Waals surface area contributed by atoms with Gasteiger partial charge < -0.3 is 5.32 Å².